The third kappa shape index (κ3) is 4.23. The minimum absolute atomic E-state index is 0.473. The van der Waals surface area contributed by atoms with Crippen LogP contribution in [0.25, 0.3) is 0 Å². The second-order valence-electron chi connectivity index (χ2n) is 3.73. The van der Waals surface area contributed by atoms with Gasteiger partial charge in [0, 0.05) is 12.2 Å². The zero-order valence-electron chi connectivity index (χ0n) is 10.1. The first kappa shape index (κ1) is 14.9. The van der Waals surface area contributed by atoms with Gasteiger partial charge in [-0.15, -0.1) is 0 Å². The molecule has 1 aromatic carbocycles. The van der Waals surface area contributed by atoms with Gasteiger partial charge in [0.15, 0.2) is 5.84 Å². The average molecular weight is 277 g/mol. The zero-order valence-corrected chi connectivity index (χ0v) is 10.1. The second-order valence-corrected chi connectivity index (χ2v) is 3.73. The highest BCUT2D eigenvalue weighted by atomic mass is 19.4. The molecule has 4 N–H and O–H groups in total. The number of benzene rings is 1. The molecule has 0 radical (unpaired) electrons. The molecule has 0 amide bonds. The number of nitrogens with two attached hydrogens (primary N) is 1. The van der Waals surface area contributed by atoms with E-state index in [9.17, 15) is 13.2 Å². The van der Waals surface area contributed by atoms with Crippen LogP contribution in [0, 0.1) is 5.92 Å². The summed E-state index contributed by atoms with van der Waals surface area (Å²) in [5, 5.41) is 13.3. The highest BCUT2D eigenvalue weighted by molar-refractivity contribution is 5.83. The van der Waals surface area contributed by atoms with Gasteiger partial charge in [-0.3, -0.25) is 0 Å². The van der Waals surface area contributed by atoms with Gasteiger partial charge in [-0.25, -0.2) is 0 Å². The van der Waals surface area contributed by atoms with Crippen LogP contribution in [-0.4, -0.2) is 30.9 Å². The van der Waals surface area contributed by atoms with E-state index < -0.39 is 24.5 Å². The summed E-state index contributed by atoms with van der Waals surface area (Å²) in [6.45, 7) is -0.522. The minimum Gasteiger partial charge on any atom is -0.497 e. The Morgan fingerprint density at radius 3 is 2.42 bits per heavy atom. The summed E-state index contributed by atoms with van der Waals surface area (Å²) in [6.07, 6.45) is -4.59. The number of nitrogens with zero attached hydrogens (tertiary/aromatic N) is 1. The smallest absolute Gasteiger partial charge is 0.400 e. The summed E-state index contributed by atoms with van der Waals surface area (Å²) in [7, 11) is 1.49. The fourth-order valence-corrected chi connectivity index (χ4v) is 1.39. The van der Waals surface area contributed by atoms with Crippen molar-refractivity contribution in [3.8, 4) is 5.75 Å². The lowest BCUT2D eigenvalue weighted by atomic mass is 10.1. The first-order valence-electron chi connectivity index (χ1n) is 5.30. The largest absolute Gasteiger partial charge is 0.497 e. The Kier molecular flexibility index (Phi) is 4.85. The van der Waals surface area contributed by atoms with Crippen molar-refractivity contribution in [1.82, 2.24) is 0 Å². The monoisotopic (exact) mass is 277 g/mol. The van der Waals surface area contributed by atoms with E-state index in [0.29, 0.717) is 11.4 Å². The van der Waals surface area contributed by atoms with E-state index in [1.54, 1.807) is 24.3 Å². The van der Waals surface area contributed by atoms with Crippen molar-refractivity contribution >= 4 is 11.5 Å². The van der Waals surface area contributed by atoms with Gasteiger partial charge in [-0.2, -0.15) is 13.2 Å². The first-order chi connectivity index (χ1) is 8.88. The maximum absolute atomic E-state index is 12.6. The molecule has 0 aliphatic rings. The van der Waals surface area contributed by atoms with Crippen molar-refractivity contribution in [2.24, 2.45) is 16.8 Å². The van der Waals surface area contributed by atoms with Crippen LogP contribution in [0.2, 0.25) is 0 Å². The third-order valence-corrected chi connectivity index (χ3v) is 2.47. The molecule has 5 nitrogen and oxygen atoms in total. The number of halogens is 3. The Bertz CT molecular complexity index is 432. The number of anilines is 1. The van der Waals surface area contributed by atoms with Crippen LogP contribution in [-0.2, 0) is 0 Å². The van der Waals surface area contributed by atoms with Crippen molar-refractivity contribution in [2.75, 3.05) is 19.0 Å². The Hall–Kier alpha value is -2.12. The van der Waals surface area contributed by atoms with Crippen molar-refractivity contribution in [3.05, 3.63) is 24.3 Å². The summed E-state index contributed by atoms with van der Waals surface area (Å²) in [5.41, 5.74) is 5.51. The number of oxime groups is 1. The molecule has 0 heterocycles. The van der Waals surface area contributed by atoms with Gasteiger partial charge < -0.3 is 21.0 Å². The molecule has 0 fully saturated rings. The van der Waals surface area contributed by atoms with Gasteiger partial charge >= 0.3 is 6.18 Å². The number of methoxy groups -OCH3 is 1. The van der Waals surface area contributed by atoms with Gasteiger partial charge in [0.05, 0.1) is 7.11 Å². The Labute approximate surface area is 107 Å². The normalized spacial score (nSPS) is 14.0. The van der Waals surface area contributed by atoms with E-state index >= 15 is 0 Å². The van der Waals surface area contributed by atoms with Crippen molar-refractivity contribution < 1.29 is 23.1 Å². The van der Waals surface area contributed by atoms with Crippen molar-refractivity contribution in [2.45, 2.75) is 6.18 Å². The average Bonchev–Trinajstić information content (AvgIpc) is 2.37. The van der Waals surface area contributed by atoms with Crippen LogP contribution < -0.4 is 15.8 Å². The van der Waals surface area contributed by atoms with Crippen LogP contribution in [0.5, 0.6) is 5.75 Å². The lowest BCUT2D eigenvalue weighted by Crippen LogP contribution is -2.40. The lowest BCUT2D eigenvalue weighted by molar-refractivity contribution is -0.152. The molecule has 1 unspecified atom stereocenters. The molecule has 1 atom stereocenters. The SMILES string of the molecule is COc1ccc(NCC(/C(N)=N/O)C(F)(F)F)cc1. The first-order valence-corrected chi connectivity index (χ1v) is 5.30. The predicted molar refractivity (Wildman–Crippen MR) is 64.4 cm³/mol. The molecule has 0 saturated carbocycles. The second kappa shape index (κ2) is 6.17. The van der Waals surface area contributed by atoms with E-state index in [-0.39, 0.29) is 0 Å². The molecule has 0 saturated heterocycles. The van der Waals surface area contributed by atoms with Crippen LogP contribution >= 0.6 is 0 Å². The molecule has 1 aromatic rings. The van der Waals surface area contributed by atoms with Crippen LogP contribution in [0.3, 0.4) is 0 Å². The number of ether oxygens (including phenoxy) is 1. The van der Waals surface area contributed by atoms with Gasteiger partial charge in [-0.1, -0.05) is 5.16 Å². The maximum Gasteiger partial charge on any atom is 0.400 e. The van der Waals surface area contributed by atoms with Crippen LogP contribution in [0.15, 0.2) is 29.4 Å². The van der Waals surface area contributed by atoms with E-state index in [1.807, 2.05) is 0 Å². The summed E-state index contributed by atoms with van der Waals surface area (Å²) in [5.74, 6) is -2.34. The number of hydrogen-bond acceptors (Lipinski definition) is 4. The maximum atomic E-state index is 12.6. The van der Waals surface area contributed by atoms with E-state index in [2.05, 4.69) is 10.5 Å². The summed E-state index contributed by atoms with van der Waals surface area (Å²) < 4.78 is 42.9. The number of nitrogens with one attached hydrogen (secondary N) is 1. The topological polar surface area (TPSA) is 79.9 Å². The Balaban J connectivity index is 2.71. The van der Waals surface area contributed by atoms with Gasteiger partial charge in [-0.05, 0) is 24.3 Å². The number of hydrogen-bond donors (Lipinski definition) is 3. The summed E-state index contributed by atoms with van der Waals surface area (Å²) in [4.78, 5) is 0. The number of amidine groups is 1. The molecular formula is C11H14F3N3O2. The Morgan fingerprint density at radius 1 is 1.42 bits per heavy atom. The highest BCUT2D eigenvalue weighted by Crippen LogP contribution is 2.27. The van der Waals surface area contributed by atoms with Gasteiger partial charge in [0.1, 0.15) is 11.7 Å². The molecule has 0 spiro atoms. The molecule has 0 bridgehead atoms. The molecule has 19 heavy (non-hydrogen) atoms. The zero-order chi connectivity index (χ0) is 14.5. The van der Waals surface area contributed by atoms with Crippen LogP contribution in [0.1, 0.15) is 0 Å². The molecule has 1 rings (SSSR count). The molecule has 0 aromatic heterocycles. The number of rotatable bonds is 5. The molecule has 0 aliphatic carbocycles. The van der Waals surface area contributed by atoms with E-state index in [1.165, 1.54) is 7.11 Å². The van der Waals surface area contributed by atoms with Crippen LogP contribution in [0.4, 0.5) is 18.9 Å². The van der Waals surface area contributed by atoms with Gasteiger partial charge in [0.2, 0.25) is 0 Å². The Morgan fingerprint density at radius 2 is 2.00 bits per heavy atom. The fraction of sp³-hybridized carbons (Fsp3) is 0.364. The quantitative estimate of drug-likeness (QED) is 0.333. The summed E-state index contributed by atoms with van der Waals surface area (Å²) >= 11 is 0. The fourth-order valence-electron chi connectivity index (χ4n) is 1.39. The molecule has 106 valence electrons. The van der Waals surface area contributed by atoms with Crippen molar-refractivity contribution in [1.29, 1.82) is 0 Å². The third-order valence-electron chi connectivity index (χ3n) is 2.47. The molecule has 8 heteroatoms. The van der Waals surface area contributed by atoms with E-state index in [4.69, 9.17) is 15.7 Å². The summed E-state index contributed by atoms with van der Waals surface area (Å²) in [6, 6.07) is 6.35. The van der Waals surface area contributed by atoms with Crippen molar-refractivity contribution in [3.63, 3.8) is 0 Å². The van der Waals surface area contributed by atoms with Gasteiger partial charge in [0.25, 0.3) is 0 Å². The number of alkyl halides is 3. The van der Waals surface area contributed by atoms with E-state index in [0.717, 1.165) is 0 Å². The lowest BCUT2D eigenvalue weighted by Gasteiger charge is -2.19. The minimum atomic E-state index is -4.59. The standard InChI is InChI=1S/C11H14F3N3O2/c1-19-8-4-2-7(3-5-8)16-6-9(10(15)17-18)11(12,13)14/h2-5,9,16,18H,6H2,1H3,(H2,15,17). The molecular weight excluding hydrogens is 263 g/mol. The molecule has 0 aliphatic heterocycles. The predicted octanol–water partition coefficient (Wildman–Crippen LogP) is 2.03. The highest BCUT2D eigenvalue weighted by Gasteiger charge is 2.42.